The minimum absolute atomic E-state index is 0.0255. The molecule has 2 aromatic rings. The van der Waals surface area contributed by atoms with Gasteiger partial charge in [-0.2, -0.15) is 0 Å². The average molecular weight is 395 g/mol. The van der Waals surface area contributed by atoms with E-state index in [0.29, 0.717) is 11.4 Å². The van der Waals surface area contributed by atoms with Crippen LogP contribution in [0.5, 0.6) is 11.5 Å². The van der Waals surface area contributed by atoms with E-state index in [1.165, 1.54) is 18.1 Å². The lowest BCUT2D eigenvalue weighted by atomic mass is 10.1. The first kappa shape index (κ1) is 18.4. The Morgan fingerprint density at radius 2 is 1.92 bits per heavy atom. The van der Waals surface area contributed by atoms with Crippen LogP contribution in [0.25, 0.3) is 0 Å². The van der Waals surface area contributed by atoms with Crippen molar-refractivity contribution in [3.8, 4) is 11.5 Å². The molecule has 1 aliphatic heterocycles. The predicted molar refractivity (Wildman–Crippen MR) is 99.6 cm³/mol. The van der Waals surface area contributed by atoms with Gasteiger partial charge in [-0.1, -0.05) is 35.3 Å². The van der Waals surface area contributed by atoms with Gasteiger partial charge in [0.15, 0.2) is 11.9 Å². The Kier molecular flexibility index (Phi) is 5.25. The Bertz CT molecular complexity index is 872. The van der Waals surface area contributed by atoms with Crippen LogP contribution in [-0.4, -0.2) is 38.6 Å². The summed E-state index contributed by atoms with van der Waals surface area (Å²) in [5.74, 6) is -0.0114. The standard InChI is InChI=1S/C18H16Cl2N2O4/c1-22-12-5-3-4-6-13(12)26-14(18(22)24)9-21-17(23)15-10(19)7-8-11(20)16(15)25-2/h3-8,14H,9H2,1-2H3,(H,21,23). The zero-order chi connectivity index (χ0) is 18.8. The number of amides is 2. The number of nitrogens with one attached hydrogen (secondary N) is 1. The molecule has 3 rings (SSSR count). The first-order valence-electron chi connectivity index (χ1n) is 7.77. The van der Waals surface area contributed by atoms with Crippen molar-refractivity contribution in [2.24, 2.45) is 0 Å². The average Bonchev–Trinajstić information content (AvgIpc) is 2.64. The lowest BCUT2D eigenvalue weighted by molar-refractivity contribution is -0.125. The maximum Gasteiger partial charge on any atom is 0.269 e. The van der Waals surface area contributed by atoms with Gasteiger partial charge in [-0.15, -0.1) is 0 Å². The van der Waals surface area contributed by atoms with Crippen molar-refractivity contribution in [1.82, 2.24) is 5.32 Å². The van der Waals surface area contributed by atoms with E-state index < -0.39 is 12.0 Å². The highest BCUT2D eigenvalue weighted by Gasteiger charge is 2.32. The minimum atomic E-state index is -0.845. The van der Waals surface area contributed by atoms with Gasteiger partial charge in [0.1, 0.15) is 11.3 Å². The molecule has 6 nitrogen and oxygen atoms in total. The molecule has 2 aromatic carbocycles. The number of likely N-dealkylation sites (N-methyl/N-ethyl adjacent to an activating group) is 1. The number of nitrogens with zero attached hydrogens (tertiary/aromatic N) is 1. The molecule has 1 atom stereocenters. The molecule has 1 aliphatic rings. The molecular weight excluding hydrogens is 379 g/mol. The van der Waals surface area contributed by atoms with Gasteiger partial charge < -0.3 is 19.7 Å². The SMILES string of the molecule is COc1c(Cl)ccc(Cl)c1C(=O)NCC1Oc2ccccc2N(C)C1=O. The van der Waals surface area contributed by atoms with Crippen LogP contribution in [0.3, 0.4) is 0 Å². The highest BCUT2D eigenvalue weighted by Crippen LogP contribution is 2.34. The minimum Gasteiger partial charge on any atom is -0.494 e. The lowest BCUT2D eigenvalue weighted by Crippen LogP contribution is -2.49. The quantitative estimate of drug-likeness (QED) is 0.864. The van der Waals surface area contributed by atoms with Crippen molar-refractivity contribution < 1.29 is 19.1 Å². The molecule has 8 heteroatoms. The van der Waals surface area contributed by atoms with Crippen LogP contribution in [0, 0.1) is 0 Å². The number of methoxy groups -OCH3 is 1. The fourth-order valence-corrected chi connectivity index (χ4v) is 3.19. The van der Waals surface area contributed by atoms with Crippen LogP contribution >= 0.6 is 23.2 Å². The molecular formula is C18H16Cl2N2O4. The molecule has 0 aliphatic carbocycles. The molecule has 0 fully saturated rings. The first-order chi connectivity index (χ1) is 12.4. The summed E-state index contributed by atoms with van der Waals surface area (Å²) in [6.07, 6.45) is -0.845. The zero-order valence-electron chi connectivity index (χ0n) is 14.1. The second kappa shape index (κ2) is 7.43. The predicted octanol–water partition coefficient (Wildman–Crippen LogP) is 3.16. The number of carbonyl (C=O) groups excluding carboxylic acids is 2. The Morgan fingerprint density at radius 3 is 2.65 bits per heavy atom. The van der Waals surface area contributed by atoms with Gasteiger partial charge in [-0.25, -0.2) is 0 Å². The van der Waals surface area contributed by atoms with Gasteiger partial charge in [0, 0.05) is 7.05 Å². The van der Waals surface area contributed by atoms with E-state index in [1.54, 1.807) is 25.2 Å². The highest BCUT2D eigenvalue weighted by atomic mass is 35.5. The third kappa shape index (κ3) is 3.30. The molecule has 0 radical (unpaired) electrons. The van der Waals surface area contributed by atoms with E-state index in [2.05, 4.69) is 5.32 Å². The van der Waals surface area contributed by atoms with Crippen molar-refractivity contribution in [1.29, 1.82) is 0 Å². The molecule has 1 N–H and O–H groups in total. The number of benzene rings is 2. The van der Waals surface area contributed by atoms with Gasteiger partial charge in [-0.3, -0.25) is 9.59 Å². The van der Waals surface area contributed by atoms with Crippen LogP contribution in [-0.2, 0) is 4.79 Å². The summed E-state index contributed by atoms with van der Waals surface area (Å²) in [7, 11) is 3.06. The molecule has 0 saturated heterocycles. The van der Waals surface area contributed by atoms with Crippen LogP contribution in [0.4, 0.5) is 5.69 Å². The van der Waals surface area contributed by atoms with Crippen molar-refractivity contribution in [3.63, 3.8) is 0 Å². The number of hydrogen-bond donors (Lipinski definition) is 1. The topological polar surface area (TPSA) is 67.9 Å². The first-order valence-corrected chi connectivity index (χ1v) is 8.53. The lowest BCUT2D eigenvalue weighted by Gasteiger charge is -2.32. The largest absolute Gasteiger partial charge is 0.494 e. The smallest absolute Gasteiger partial charge is 0.269 e. The number of carbonyl (C=O) groups is 2. The molecule has 0 saturated carbocycles. The zero-order valence-corrected chi connectivity index (χ0v) is 15.6. The number of anilines is 1. The molecule has 26 heavy (non-hydrogen) atoms. The van der Waals surface area contributed by atoms with E-state index in [-0.39, 0.29) is 33.8 Å². The number of para-hydroxylation sites is 2. The number of ether oxygens (including phenoxy) is 2. The monoisotopic (exact) mass is 394 g/mol. The van der Waals surface area contributed by atoms with Gasteiger partial charge >= 0.3 is 0 Å². The van der Waals surface area contributed by atoms with Crippen LogP contribution in [0.2, 0.25) is 10.0 Å². The molecule has 1 unspecified atom stereocenters. The number of halogens is 2. The second-order valence-corrected chi connectivity index (χ2v) is 6.43. The van der Waals surface area contributed by atoms with Gasteiger partial charge in [0.05, 0.1) is 29.4 Å². The van der Waals surface area contributed by atoms with E-state index in [4.69, 9.17) is 32.7 Å². The van der Waals surface area contributed by atoms with E-state index in [0.717, 1.165) is 0 Å². The van der Waals surface area contributed by atoms with Gasteiger partial charge in [0.25, 0.3) is 11.8 Å². The molecule has 1 heterocycles. The summed E-state index contributed by atoms with van der Waals surface area (Å²) in [6, 6.07) is 10.2. The molecule has 2 amide bonds. The van der Waals surface area contributed by atoms with Crippen molar-refractivity contribution >= 4 is 40.7 Å². The third-order valence-corrected chi connectivity index (χ3v) is 4.65. The second-order valence-electron chi connectivity index (χ2n) is 5.62. The summed E-state index contributed by atoms with van der Waals surface area (Å²) in [4.78, 5) is 26.5. The summed E-state index contributed by atoms with van der Waals surface area (Å²) < 4.78 is 10.9. The number of rotatable bonds is 4. The van der Waals surface area contributed by atoms with Gasteiger partial charge in [-0.05, 0) is 24.3 Å². The maximum atomic E-state index is 12.6. The molecule has 0 bridgehead atoms. The van der Waals surface area contributed by atoms with E-state index >= 15 is 0 Å². The van der Waals surface area contributed by atoms with Crippen LogP contribution < -0.4 is 19.7 Å². The number of fused-ring (bicyclic) bond motifs is 1. The molecule has 136 valence electrons. The van der Waals surface area contributed by atoms with Crippen LogP contribution in [0.1, 0.15) is 10.4 Å². The Hall–Kier alpha value is -2.44. The normalized spacial score (nSPS) is 15.9. The highest BCUT2D eigenvalue weighted by molar-refractivity contribution is 6.37. The molecule has 0 aromatic heterocycles. The fourth-order valence-electron chi connectivity index (χ4n) is 2.72. The van der Waals surface area contributed by atoms with Gasteiger partial charge in [0.2, 0.25) is 0 Å². The fraction of sp³-hybridized carbons (Fsp3) is 0.222. The van der Waals surface area contributed by atoms with Crippen molar-refractivity contribution in [2.75, 3.05) is 25.6 Å². The maximum absolute atomic E-state index is 12.6. The van der Waals surface area contributed by atoms with Crippen molar-refractivity contribution in [2.45, 2.75) is 6.10 Å². The van der Waals surface area contributed by atoms with E-state index in [1.807, 2.05) is 12.1 Å². The number of hydrogen-bond acceptors (Lipinski definition) is 4. The van der Waals surface area contributed by atoms with Crippen LogP contribution in [0.15, 0.2) is 36.4 Å². The Balaban J connectivity index is 1.77. The summed E-state index contributed by atoms with van der Waals surface area (Å²) in [5.41, 5.74) is 0.790. The van der Waals surface area contributed by atoms with Crippen molar-refractivity contribution in [3.05, 3.63) is 52.0 Å². The summed E-state index contributed by atoms with van der Waals surface area (Å²) >= 11 is 12.2. The summed E-state index contributed by atoms with van der Waals surface area (Å²) in [5, 5.41) is 3.12. The third-order valence-electron chi connectivity index (χ3n) is 4.04. The Morgan fingerprint density at radius 1 is 1.23 bits per heavy atom. The Labute approximate surface area is 160 Å². The molecule has 0 spiro atoms. The summed E-state index contributed by atoms with van der Waals surface area (Å²) in [6.45, 7) is -0.0255. The van der Waals surface area contributed by atoms with E-state index in [9.17, 15) is 9.59 Å².